The zero-order valence-electron chi connectivity index (χ0n) is 17.6. The van der Waals surface area contributed by atoms with Crippen molar-refractivity contribution in [2.75, 3.05) is 11.1 Å². The third kappa shape index (κ3) is 8.78. The minimum atomic E-state index is -1.31. The number of rotatable bonds is 9. The van der Waals surface area contributed by atoms with E-state index in [2.05, 4.69) is 30.6 Å². The van der Waals surface area contributed by atoms with Crippen molar-refractivity contribution in [3.63, 3.8) is 0 Å². The van der Waals surface area contributed by atoms with Gasteiger partial charge in [-0.05, 0) is 30.7 Å². The van der Waals surface area contributed by atoms with E-state index in [1.54, 1.807) is 12.1 Å². The van der Waals surface area contributed by atoms with Gasteiger partial charge < -0.3 is 26.6 Å². The summed E-state index contributed by atoms with van der Waals surface area (Å²) in [6.07, 6.45) is 0.840. The molecule has 0 spiro atoms. The van der Waals surface area contributed by atoms with E-state index in [1.807, 2.05) is 0 Å². The van der Waals surface area contributed by atoms with Gasteiger partial charge in [0.2, 0.25) is 5.95 Å². The third-order valence-corrected chi connectivity index (χ3v) is 4.36. The Kier molecular flexibility index (Phi) is 10.8. The molecule has 0 saturated heterocycles. The standard InChI is InChI=1S/C19H19N7O6.2ClH.Pt/c20-19-25-15-14(17(30)26-19)23-11(8-22-15)7-21-10-3-1-9(2-4-10)16(29)24-12(18(31)32)5-6-13(27)28;;;/h1-4,8,12,21H,5-7H2,(H,24,29)(H,27,28)(H,31,32)(H3,20,22,25,26,30);2*1H;/q;;;+2/p-2/t12-;;;/m0.../s1. The Morgan fingerprint density at radius 1 is 1.14 bits per heavy atom. The average Bonchev–Trinajstić information content (AvgIpc) is 2.81. The monoisotopic (exact) mass is 706 g/mol. The normalized spacial score (nSPS) is 11.3. The second-order valence-electron chi connectivity index (χ2n) is 6.76. The number of aromatic nitrogens is 4. The van der Waals surface area contributed by atoms with Gasteiger partial charge in [0.05, 0.1) is 18.4 Å². The molecule has 35 heavy (non-hydrogen) atoms. The zero-order valence-corrected chi connectivity index (χ0v) is 21.4. The number of aliphatic carboxylic acids is 2. The third-order valence-electron chi connectivity index (χ3n) is 4.36. The van der Waals surface area contributed by atoms with Crippen LogP contribution in [0, 0.1) is 0 Å². The van der Waals surface area contributed by atoms with E-state index >= 15 is 0 Å². The quantitative estimate of drug-likeness (QED) is 0.187. The number of H-pyrrole nitrogens is 1. The van der Waals surface area contributed by atoms with Crippen LogP contribution in [0.4, 0.5) is 11.6 Å². The number of nitrogens with one attached hydrogen (secondary N) is 3. The molecule has 13 nitrogen and oxygen atoms in total. The summed E-state index contributed by atoms with van der Waals surface area (Å²) in [7, 11) is 9.75. The molecule has 0 saturated carbocycles. The molecule has 2 aromatic heterocycles. The van der Waals surface area contributed by atoms with Crippen LogP contribution in [-0.2, 0) is 32.6 Å². The van der Waals surface area contributed by atoms with E-state index in [4.69, 9.17) is 34.8 Å². The number of carboxylic acid groups (broad SMARTS) is 2. The van der Waals surface area contributed by atoms with Crippen molar-refractivity contribution in [2.45, 2.75) is 25.4 Å². The molecule has 7 N–H and O–H groups in total. The van der Waals surface area contributed by atoms with Gasteiger partial charge in [-0.15, -0.1) is 0 Å². The molecule has 0 bridgehead atoms. The number of carboxylic acids is 2. The number of nitrogens with two attached hydrogens (primary N) is 1. The number of aromatic amines is 1. The number of carbonyl (C=O) groups is 3. The van der Waals surface area contributed by atoms with Gasteiger partial charge in [-0.3, -0.25) is 19.4 Å². The fraction of sp³-hybridized carbons (Fsp3) is 0.211. The summed E-state index contributed by atoms with van der Waals surface area (Å²) in [5.74, 6) is -3.16. The van der Waals surface area contributed by atoms with Crippen LogP contribution in [0.1, 0.15) is 28.9 Å². The number of nitrogen functional groups attached to an aromatic ring is 1. The maximum absolute atomic E-state index is 12.3. The predicted octanol–water partition coefficient (Wildman–Crippen LogP) is 1.33. The van der Waals surface area contributed by atoms with E-state index in [0.717, 1.165) is 0 Å². The molecule has 0 radical (unpaired) electrons. The number of benzene rings is 1. The van der Waals surface area contributed by atoms with Crippen LogP contribution >= 0.6 is 18.8 Å². The van der Waals surface area contributed by atoms with E-state index in [0.29, 0.717) is 11.4 Å². The molecule has 0 aliphatic rings. The molecule has 0 aliphatic heterocycles. The molecule has 0 aliphatic carbocycles. The van der Waals surface area contributed by atoms with Crippen molar-refractivity contribution in [2.24, 2.45) is 0 Å². The Bertz CT molecular complexity index is 1260. The van der Waals surface area contributed by atoms with Crippen molar-refractivity contribution >= 4 is 59.5 Å². The summed E-state index contributed by atoms with van der Waals surface area (Å²) < 4.78 is 0. The Morgan fingerprint density at radius 3 is 2.40 bits per heavy atom. The summed E-state index contributed by atoms with van der Waals surface area (Å²) in [4.78, 5) is 60.6. The molecule has 0 unspecified atom stereocenters. The van der Waals surface area contributed by atoms with Crippen LogP contribution in [0.25, 0.3) is 11.2 Å². The SMILES string of the molecule is Nc1nc2ncc(CNc3ccc(C(=O)N[C@@H](CCC(=O)O)C(=O)O)cc3)nc2c(=O)[nH]1.[Cl][Pt][Cl]. The predicted molar refractivity (Wildman–Crippen MR) is 124 cm³/mol. The first kappa shape index (κ1) is 28.0. The number of amides is 1. The van der Waals surface area contributed by atoms with E-state index in [9.17, 15) is 19.2 Å². The van der Waals surface area contributed by atoms with Crippen LogP contribution in [-0.4, -0.2) is 54.0 Å². The Balaban J connectivity index is 0.00000137. The first-order valence-electron chi connectivity index (χ1n) is 9.57. The van der Waals surface area contributed by atoms with Crippen LogP contribution in [0.5, 0.6) is 0 Å². The second-order valence-corrected chi connectivity index (χ2v) is 10.0. The molecule has 3 aromatic rings. The van der Waals surface area contributed by atoms with Gasteiger partial charge in [-0.2, -0.15) is 4.98 Å². The van der Waals surface area contributed by atoms with Crippen molar-refractivity contribution in [1.29, 1.82) is 0 Å². The number of anilines is 2. The first-order chi connectivity index (χ1) is 16.6. The summed E-state index contributed by atoms with van der Waals surface area (Å²) >= 11 is -0.472. The number of halogens is 2. The van der Waals surface area contributed by atoms with Crippen LogP contribution in [0.15, 0.2) is 35.3 Å². The minimum absolute atomic E-state index is 0.0524. The van der Waals surface area contributed by atoms with Gasteiger partial charge in [-0.25, -0.2) is 14.8 Å². The van der Waals surface area contributed by atoms with Crippen molar-refractivity contribution < 1.29 is 41.1 Å². The fourth-order valence-electron chi connectivity index (χ4n) is 2.75. The van der Waals surface area contributed by atoms with Gasteiger partial charge in [0.15, 0.2) is 11.2 Å². The summed E-state index contributed by atoms with van der Waals surface area (Å²) in [6, 6.07) is 4.86. The topological polar surface area (TPSA) is 213 Å². The number of hydrogen-bond acceptors (Lipinski definition) is 9. The molecular formula is C19H19Cl2N7O6Pt. The number of fused-ring (bicyclic) bond motifs is 1. The molecule has 0 fully saturated rings. The summed E-state index contributed by atoms with van der Waals surface area (Å²) in [5.41, 5.74) is 6.47. The van der Waals surface area contributed by atoms with E-state index < -0.39 is 45.9 Å². The van der Waals surface area contributed by atoms with Crippen molar-refractivity contribution in [1.82, 2.24) is 25.3 Å². The molecular weight excluding hydrogens is 688 g/mol. The van der Waals surface area contributed by atoms with Crippen LogP contribution in [0.2, 0.25) is 0 Å². The molecule has 190 valence electrons. The summed E-state index contributed by atoms with van der Waals surface area (Å²) in [5, 5.41) is 23.2. The average molecular weight is 707 g/mol. The van der Waals surface area contributed by atoms with E-state index in [-0.39, 0.29) is 42.1 Å². The second kappa shape index (κ2) is 13.6. The van der Waals surface area contributed by atoms with Gasteiger partial charge >= 0.3 is 47.3 Å². The number of hydrogen-bond donors (Lipinski definition) is 6. The Morgan fingerprint density at radius 2 is 1.80 bits per heavy atom. The maximum atomic E-state index is 12.3. The van der Waals surface area contributed by atoms with Gasteiger partial charge in [-0.1, -0.05) is 0 Å². The van der Waals surface area contributed by atoms with Gasteiger partial charge in [0.25, 0.3) is 11.5 Å². The molecule has 3 rings (SSSR count). The summed E-state index contributed by atoms with van der Waals surface area (Å²) in [6.45, 7) is 0.231. The van der Waals surface area contributed by atoms with Crippen LogP contribution < -0.4 is 21.9 Å². The van der Waals surface area contributed by atoms with Crippen molar-refractivity contribution in [3.05, 3.63) is 52.1 Å². The van der Waals surface area contributed by atoms with Gasteiger partial charge in [0, 0.05) is 17.7 Å². The molecule has 1 amide bonds. The van der Waals surface area contributed by atoms with Gasteiger partial charge in [0.1, 0.15) is 6.04 Å². The fourth-order valence-corrected chi connectivity index (χ4v) is 2.75. The Labute approximate surface area is 213 Å². The number of carbonyl (C=O) groups excluding carboxylic acids is 1. The molecule has 2 heterocycles. The zero-order chi connectivity index (χ0) is 26.0. The van der Waals surface area contributed by atoms with Crippen molar-refractivity contribution in [3.8, 4) is 0 Å². The first-order valence-corrected chi connectivity index (χ1v) is 15.2. The Hall–Kier alpha value is -3.28. The molecule has 16 heteroatoms. The molecule has 1 aromatic carbocycles. The number of nitrogens with zero attached hydrogens (tertiary/aromatic N) is 3. The van der Waals surface area contributed by atoms with Crippen LogP contribution in [0.3, 0.4) is 0 Å². The van der Waals surface area contributed by atoms with E-state index in [1.165, 1.54) is 18.3 Å². The molecule has 1 atom stereocenters.